The molecule has 0 saturated heterocycles. The molecule has 0 atom stereocenters. The molecule has 1 saturated carbocycles. The Morgan fingerprint density at radius 2 is 2.08 bits per heavy atom. The van der Waals surface area contributed by atoms with E-state index in [1.807, 2.05) is 29.2 Å². The highest BCUT2D eigenvalue weighted by Crippen LogP contribution is 2.29. The zero-order chi connectivity index (χ0) is 9.10. The molecule has 0 unspecified atom stereocenters. The first kappa shape index (κ1) is 8.54. The van der Waals surface area contributed by atoms with Crippen LogP contribution in [0.3, 0.4) is 0 Å². The molecule has 1 aliphatic carbocycles. The maximum Gasteiger partial charge on any atom is 0.0360 e. The lowest BCUT2D eigenvalue weighted by molar-refractivity contribution is 0.326. The van der Waals surface area contributed by atoms with Crippen molar-refractivity contribution in [1.29, 1.82) is 0 Å². The molecule has 1 aliphatic rings. The van der Waals surface area contributed by atoms with E-state index >= 15 is 0 Å². The van der Waals surface area contributed by atoms with Gasteiger partial charge in [-0.3, -0.25) is 0 Å². The molecule has 1 heterocycles. The molecule has 70 valence electrons. The van der Waals surface area contributed by atoms with Crippen LogP contribution in [0.5, 0.6) is 0 Å². The van der Waals surface area contributed by atoms with Gasteiger partial charge >= 0.3 is 0 Å². The minimum atomic E-state index is 0.916. The fourth-order valence-corrected chi connectivity index (χ4v) is 1.74. The Morgan fingerprint density at radius 3 is 2.62 bits per heavy atom. The third kappa shape index (κ3) is 2.20. The molecule has 0 amide bonds. The molecular formula is C11H16N2. The van der Waals surface area contributed by atoms with Gasteiger partial charge < -0.3 is 0 Å². The maximum absolute atomic E-state index is 4.47. The number of hydrogen-bond donors (Lipinski definition) is 0. The van der Waals surface area contributed by atoms with Gasteiger partial charge in [-0.2, -0.15) is 5.10 Å². The van der Waals surface area contributed by atoms with Gasteiger partial charge in [0.25, 0.3) is 0 Å². The van der Waals surface area contributed by atoms with Crippen molar-refractivity contribution in [3.63, 3.8) is 0 Å². The van der Waals surface area contributed by atoms with Gasteiger partial charge in [-0.1, -0.05) is 19.3 Å². The van der Waals surface area contributed by atoms with Crippen LogP contribution in [-0.4, -0.2) is 10.4 Å². The quantitative estimate of drug-likeness (QED) is 0.630. The first-order chi connectivity index (χ1) is 6.34. The molecule has 1 aromatic heterocycles. The SMILES string of the molecule is C/C(CC1CCC1)=N/n1cccc1. The summed E-state index contributed by atoms with van der Waals surface area (Å²) in [6.45, 7) is 2.12. The molecule has 0 spiro atoms. The van der Waals surface area contributed by atoms with E-state index in [1.54, 1.807) is 0 Å². The fourth-order valence-electron chi connectivity index (χ4n) is 1.74. The van der Waals surface area contributed by atoms with Crippen LogP contribution in [0, 0.1) is 5.92 Å². The van der Waals surface area contributed by atoms with Crippen LogP contribution in [-0.2, 0) is 0 Å². The minimum Gasteiger partial charge on any atom is -0.248 e. The molecule has 0 radical (unpaired) electrons. The zero-order valence-corrected chi connectivity index (χ0v) is 8.11. The monoisotopic (exact) mass is 176 g/mol. The van der Waals surface area contributed by atoms with Crippen molar-refractivity contribution in [2.45, 2.75) is 32.6 Å². The van der Waals surface area contributed by atoms with E-state index in [0.717, 1.165) is 5.92 Å². The standard InChI is InChI=1S/C11H16N2/c1-10(9-11-5-4-6-11)12-13-7-2-3-8-13/h2-3,7-8,11H,4-6,9H2,1H3/b12-10-. The van der Waals surface area contributed by atoms with Crippen LogP contribution in [0.25, 0.3) is 0 Å². The highest BCUT2D eigenvalue weighted by atomic mass is 15.3. The first-order valence-corrected chi connectivity index (χ1v) is 5.02. The summed E-state index contributed by atoms with van der Waals surface area (Å²) in [4.78, 5) is 0. The van der Waals surface area contributed by atoms with Gasteiger partial charge in [0.15, 0.2) is 0 Å². The van der Waals surface area contributed by atoms with Crippen molar-refractivity contribution < 1.29 is 0 Å². The van der Waals surface area contributed by atoms with E-state index in [-0.39, 0.29) is 0 Å². The predicted molar refractivity (Wildman–Crippen MR) is 54.9 cm³/mol. The molecule has 2 heteroatoms. The third-order valence-electron chi connectivity index (χ3n) is 2.68. The summed E-state index contributed by atoms with van der Waals surface area (Å²) >= 11 is 0. The molecule has 1 aromatic rings. The van der Waals surface area contributed by atoms with Gasteiger partial charge in [0.05, 0.1) is 0 Å². The molecular weight excluding hydrogens is 160 g/mol. The lowest BCUT2D eigenvalue weighted by Crippen LogP contribution is -2.14. The lowest BCUT2D eigenvalue weighted by Gasteiger charge is -2.24. The van der Waals surface area contributed by atoms with Crippen molar-refractivity contribution in [3.05, 3.63) is 24.5 Å². The zero-order valence-electron chi connectivity index (χ0n) is 8.11. The van der Waals surface area contributed by atoms with Crippen LogP contribution < -0.4 is 0 Å². The van der Waals surface area contributed by atoms with Crippen molar-refractivity contribution in [2.75, 3.05) is 0 Å². The average Bonchev–Trinajstić information content (AvgIpc) is 2.49. The predicted octanol–water partition coefficient (Wildman–Crippen LogP) is 2.90. The van der Waals surface area contributed by atoms with E-state index in [4.69, 9.17) is 0 Å². The van der Waals surface area contributed by atoms with E-state index in [1.165, 1.54) is 31.4 Å². The van der Waals surface area contributed by atoms with Crippen molar-refractivity contribution >= 4 is 5.71 Å². The van der Waals surface area contributed by atoms with E-state index in [0.29, 0.717) is 0 Å². The van der Waals surface area contributed by atoms with Crippen LogP contribution in [0.2, 0.25) is 0 Å². The number of hydrogen-bond acceptors (Lipinski definition) is 1. The first-order valence-electron chi connectivity index (χ1n) is 5.02. The van der Waals surface area contributed by atoms with Gasteiger partial charge in [-0.25, -0.2) is 4.68 Å². The van der Waals surface area contributed by atoms with E-state index in [2.05, 4.69) is 12.0 Å². The second-order valence-corrected chi connectivity index (χ2v) is 3.90. The Kier molecular flexibility index (Phi) is 2.48. The van der Waals surface area contributed by atoms with Crippen molar-refractivity contribution in [2.24, 2.45) is 11.0 Å². The Labute approximate surface area is 79.3 Å². The summed E-state index contributed by atoms with van der Waals surface area (Å²) in [6.07, 6.45) is 9.35. The van der Waals surface area contributed by atoms with E-state index < -0.39 is 0 Å². The van der Waals surface area contributed by atoms with Gasteiger partial charge in [-0.05, 0) is 31.4 Å². The van der Waals surface area contributed by atoms with Crippen LogP contribution in [0.1, 0.15) is 32.6 Å². The topological polar surface area (TPSA) is 17.3 Å². The molecule has 2 rings (SSSR count). The Bertz CT molecular complexity index is 281. The minimum absolute atomic E-state index is 0.916. The molecule has 0 aliphatic heterocycles. The summed E-state index contributed by atoms with van der Waals surface area (Å²) in [5.74, 6) is 0.916. The average molecular weight is 176 g/mol. The number of nitrogens with zero attached hydrogens (tertiary/aromatic N) is 2. The molecule has 0 aromatic carbocycles. The fraction of sp³-hybridized carbons (Fsp3) is 0.545. The molecule has 1 fully saturated rings. The van der Waals surface area contributed by atoms with Crippen molar-refractivity contribution in [3.8, 4) is 0 Å². The lowest BCUT2D eigenvalue weighted by atomic mass is 9.82. The number of rotatable bonds is 3. The summed E-state index contributed by atoms with van der Waals surface area (Å²) in [5, 5.41) is 4.47. The maximum atomic E-state index is 4.47. The normalized spacial score (nSPS) is 18.7. The summed E-state index contributed by atoms with van der Waals surface area (Å²) < 4.78 is 1.88. The Morgan fingerprint density at radius 1 is 1.38 bits per heavy atom. The highest BCUT2D eigenvalue weighted by molar-refractivity contribution is 5.82. The second kappa shape index (κ2) is 3.77. The summed E-state index contributed by atoms with van der Waals surface area (Å²) in [5.41, 5.74) is 1.25. The van der Waals surface area contributed by atoms with E-state index in [9.17, 15) is 0 Å². The Hall–Kier alpha value is -1.05. The Balaban J connectivity index is 1.91. The third-order valence-corrected chi connectivity index (χ3v) is 2.68. The second-order valence-electron chi connectivity index (χ2n) is 3.90. The van der Waals surface area contributed by atoms with Gasteiger partial charge in [0.1, 0.15) is 0 Å². The molecule has 0 bridgehead atoms. The smallest absolute Gasteiger partial charge is 0.0360 e. The summed E-state index contributed by atoms with van der Waals surface area (Å²) in [7, 11) is 0. The molecule has 2 nitrogen and oxygen atoms in total. The number of aromatic nitrogens is 1. The van der Waals surface area contributed by atoms with Gasteiger partial charge in [0.2, 0.25) is 0 Å². The van der Waals surface area contributed by atoms with Crippen LogP contribution in [0.15, 0.2) is 29.6 Å². The van der Waals surface area contributed by atoms with Gasteiger partial charge in [0, 0.05) is 18.1 Å². The van der Waals surface area contributed by atoms with Gasteiger partial charge in [-0.15, -0.1) is 0 Å². The largest absolute Gasteiger partial charge is 0.248 e. The van der Waals surface area contributed by atoms with Crippen molar-refractivity contribution in [1.82, 2.24) is 4.68 Å². The molecule has 0 N–H and O–H groups in total. The molecule has 13 heavy (non-hydrogen) atoms. The van der Waals surface area contributed by atoms with Crippen LogP contribution >= 0.6 is 0 Å². The summed E-state index contributed by atoms with van der Waals surface area (Å²) in [6, 6.07) is 4.00. The highest BCUT2D eigenvalue weighted by Gasteiger charge is 2.17. The van der Waals surface area contributed by atoms with Crippen LogP contribution in [0.4, 0.5) is 0 Å².